The zero-order chi connectivity index (χ0) is 12.7. The van der Waals surface area contributed by atoms with Crippen LogP contribution in [0.2, 0.25) is 0 Å². The average molecular weight is 240 g/mol. The van der Waals surface area contributed by atoms with Crippen LogP contribution in [0.5, 0.6) is 0 Å². The van der Waals surface area contributed by atoms with Crippen LogP contribution in [0.4, 0.5) is 0 Å². The van der Waals surface area contributed by atoms with Crippen molar-refractivity contribution < 1.29 is 4.74 Å². The van der Waals surface area contributed by atoms with Gasteiger partial charge in [0, 0.05) is 38.5 Å². The van der Waals surface area contributed by atoms with Crippen molar-refractivity contribution in [3.05, 3.63) is 11.9 Å². The maximum Gasteiger partial charge on any atom is 0.0965 e. The van der Waals surface area contributed by atoms with Gasteiger partial charge in [0.15, 0.2) is 0 Å². The van der Waals surface area contributed by atoms with E-state index in [0.29, 0.717) is 0 Å². The van der Waals surface area contributed by atoms with Crippen LogP contribution < -0.4 is 5.32 Å². The summed E-state index contributed by atoms with van der Waals surface area (Å²) < 4.78 is 6.90. The first-order valence-corrected chi connectivity index (χ1v) is 6.14. The lowest BCUT2D eigenvalue weighted by Crippen LogP contribution is -2.35. The van der Waals surface area contributed by atoms with Crippen LogP contribution in [0.25, 0.3) is 0 Å². The first kappa shape index (κ1) is 14.1. The van der Waals surface area contributed by atoms with Crippen molar-refractivity contribution in [2.75, 3.05) is 13.7 Å². The van der Waals surface area contributed by atoms with E-state index in [0.717, 1.165) is 38.2 Å². The molecule has 5 heteroatoms. The number of aryl methyl sites for hydroxylation is 1. The normalized spacial score (nSPS) is 12.0. The number of aromatic nitrogens is 3. The molecule has 1 aromatic rings. The fourth-order valence-corrected chi connectivity index (χ4v) is 1.40. The van der Waals surface area contributed by atoms with Crippen molar-refractivity contribution in [2.45, 2.75) is 52.2 Å². The molecule has 0 unspecified atom stereocenters. The molecule has 1 rings (SSSR count). The molecule has 0 radical (unpaired) electrons. The van der Waals surface area contributed by atoms with Crippen LogP contribution in [0.15, 0.2) is 6.20 Å². The molecule has 5 nitrogen and oxygen atoms in total. The van der Waals surface area contributed by atoms with E-state index in [1.807, 2.05) is 10.9 Å². The fourth-order valence-electron chi connectivity index (χ4n) is 1.40. The predicted molar refractivity (Wildman–Crippen MR) is 67.7 cm³/mol. The quantitative estimate of drug-likeness (QED) is 0.735. The highest BCUT2D eigenvalue weighted by Crippen LogP contribution is 2.02. The maximum absolute atomic E-state index is 5.01. The van der Waals surface area contributed by atoms with Crippen molar-refractivity contribution in [1.29, 1.82) is 0 Å². The summed E-state index contributed by atoms with van der Waals surface area (Å²) in [6.45, 7) is 8.91. The van der Waals surface area contributed by atoms with Gasteiger partial charge in [0.25, 0.3) is 0 Å². The summed E-state index contributed by atoms with van der Waals surface area (Å²) in [6, 6.07) is 0. The Labute approximate surface area is 104 Å². The van der Waals surface area contributed by atoms with Gasteiger partial charge in [-0.1, -0.05) is 5.21 Å². The zero-order valence-corrected chi connectivity index (χ0v) is 11.4. The van der Waals surface area contributed by atoms with Crippen molar-refractivity contribution in [3.8, 4) is 0 Å². The second-order valence-electron chi connectivity index (χ2n) is 5.28. The summed E-state index contributed by atoms with van der Waals surface area (Å²) >= 11 is 0. The van der Waals surface area contributed by atoms with Crippen LogP contribution in [-0.2, 0) is 17.8 Å². The molecule has 0 aliphatic rings. The van der Waals surface area contributed by atoms with E-state index in [1.165, 1.54) is 0 Å². The molecule has 1 heterocycles. The molecule has 0 fully saturated rings. The Kier molecular flexibility index (Phi) is 5.58. The molecule has 0 aliphatic carbocycles. The lowest BCUT2D eigenvalue weighted by molar-refractivity contribution is 0.191. The standard InChI is InChI=1S/C12H24N4O/c1-12(2,3)13-9-11-10-16(15-14-11)7-5-6-8-17-4/h10,13H,5-9H2,1-4H3. The predicted octanol–water partition coefficient (Wildman–Crippen LogP) is 1.59. The molecule has 0 atom stereocenters. The Balaban J connectivity index is 2.28. The lowest BCUT2D eigenvalue weighted by Gasteiger charge is -2.19. The Morgan fingerprint density at radius 1 is 1.35 bits per heavy atom. The molecule has 0 amide bonds. The van der Waals surface area contributed by atoms with Gasteiger partial charge in [-0.2, -0.15) is 0 Å². The van der Waals surface area contributed by atoms with E-state index in [1.54, 1.807) is 7.11 Å². The summed E-state index contributed by atoms with van der Waals surface area (Å²) in [5.41, 5.74) is 1.11. The largest absolute Gasteiger partial charge is 0.385 e. The van der Waals surface area contributed by atoms with Crippen LogP contribution in [0.1, 0.15) is 39.3 Å². The number of nitrogens with one attached hydrogen (secondary N) is 1. The molecule has 1 aromatic heterocycles. The van der Waals surface area contributed by atoms with Gasteiger partial charge in [-0.15, -0.1) is 5.10 Å². The molecule has 0 aromatic carbocycles. The topological polar surface area (TPSA) is 52.0 Å². The molecule has 0 spiro atoms. The third-order valence-electron chi connectivity index (χ3n) is 2.37. The van der Waals surface area contributed by atoms with Crippen LogP contribution >= 0.6 is 0 Å². The molecular weight excluding hydrogens is 216 g/mol. The minimum Gasteiger partial charge on any atom is -0.385 e. The molecule has 0 bridgehead atoms. The van der Waals surface area contributed by atoms with Crippen molar-refractivity contribution in [3.63, 3.8) is 0 Å². The zero-order valence-electron chi connectivity index (χ0n) is 11.4. The SMILES string of the molecule is COCCCCn1cc(CNC(C)(C)C)nn1. The second-order valence-corrected chi connectivity index (χ2v) is 5.28. The van der Waals surface area contributed by atoms with Gasteiger partial charge in [0.1, 0.15) is 0 Å². The number of hydrogen-bond donors (Lipinski definition) is 1. The van der Waals surface area contributed by atoms with Gasteiger partial charge in [-0.3, -0.25) is 4.68 Å². The molecule has 0 saturated heterocycles. The molecule has 1 N–H and O–H groups in total. The van der Waals surface area contributed by atoms with Gasteiger partial charge in [0.05, 0.1) is 5.69 Å². The van der Waals surface area contributed by atoms with Crippen LogP contribution in [-0.4, -0.2) is 34.2 Å². The van der Waals surface area contributed by atoms with Gasteiger partial charge in [-0.05, 0) is 33.6 Å². The third-order valence-corrected chi connectivity index (χ3v) is 2.37. The summed E-state index contributed by atoms with van der Waals surface area (Å²) in [5, 5.41) is 11.6. The highest BCUT2D eigenvalue weighted by atomic mass is 16.5. The first-order chi connectivity index (χ1) is 8.01. The summed E-state index contributed by atoms with van der Waals surface area (Å²) in [4.78, 5) is 0. The number of hydrogen-bond acceptors (Lipinski definition) is 4. The molecule has 98 valence electrons. The summed E-state index contributed by atoms with van der Waals surface area (Å²) in [7, 11) is 1.73. The highest BCUT2D eigenvalue weighted by Gasteiger charge is 2.09. The highest BCUT2D eigenvalue weighted by molar-refractivity contribution is 4.92. The number of methoxy groups -OCH3 is 1. The molecule has 0 aliphatic heterocycles. The van der Waals surface area contributed by atoms with E-state index < -0.39 is 0 Å². The Hall–Kier alpha value is -0.940. The van der Waals surface area contributed by atoms with Gasteiger partial charge >= 0.3 is 0 Å². The number of ether oxygens (including phenoxy) is 1. The summed E-state index contributed by atoms with van der Waals surface area (Å²) in [6.07, 6.45) is 4.14. The Bertz CT molecular complexity index is 317. The van der Waals surface area contributed by atoms with Gasteiger partial charge in [0.2, 0.25) is 0 Å². The third kappa shape index (κ3) is 6.38. The molecular formula is C12H24N4O. The number of unbranched alkanes of at least 4 members (excludes halogenated alkanes) is 1. The van der Waals surface area contributed by atoms with Crippen molar-refractivity contribution in [2.24, 2.45) is 0 Å². The second kappa shape index (κ2) is 6.71. The van der Waals surface area contributed by atoms with Crippen molar-refractivity contribution in [1.82, 2.24) is 20.3 Å². The van der Waals surface area contributed by atoms with Gasteiger partial charge in [-0.25, -0.2) is 0 Å². The molecule has 17 heavy (non-hydrogen) atoms. The van der Waals surface area contributed by atoms with E-state index >= 15 is 0 Å². The Morgan fingerprint density at radius 3 is 2.76 bits per heavy atom. The first-order valence-electron chi connectivity index (χ1n) is 6.14. The van der Waals surface area contributed by atoms with Gasteiger partial charge < -0.3 is 10.1 Å². The van der Waals surface area contributed by atoms with E-state index in [-0.39, 0.29) is 5.54 Å². The number of rotatable bonds is 7. The smallest absolute Gasteiger partial charge is 0.0965 e. The summed E-state index contributed by atoms with van der Waals surface area (Å²) in [5.74, 6) is 0. The molecule has 0 saturated carbocycles. The fraction of sp³-hybridized carbons (Fsp3) is 0.833. The minimum absolute atomic E-state index is 0.113. The monoisotopic (exact) mass is 240 g/mol. The van der Waals surface area contributed by atoms with E-state index in [4.69, 9.17) is 4.74 Å². The van der Waals surface area contributed by atoms with Crippen molar-refractivity contribution >= 4 is 0 Å². The lowest BCUT2D eigenvalue weighted by atomic mass is 10.1. The average Bonchev–Trinajstić information content (AvgIpc) is 2.69. The van der Waals surface area contributed by atoms with E-state index in [2.05, 4.69) is 36.4 Å². The van der Waals surface area contributed by atoms with Crippen LogP contribution in [0.3, 0.4) is 0 Å². The number of nitrogens with zero attached hydrogens (tertiary/aromatic N) is 3. The minimum atomic E-state index is 0.113. The van der Waals surface area contributed by atoms with E-state index in [9.17, 15) is 0 Å². The maximum atomic E-state index is 5.01. The Morgan fingerprint density at radius 2 is 2.12 bits per heavy atom. The van der Waals surface area contributed by atoms with Crippen LogP contribution in [0, 0.1) is 0 Å².